The molecule has 0 aliphatic heterocycles. The smallest absolute Gasteiger partial charge is 0.292 e. The monoisotopic (exact) mass is 355 g/mol. The molecule has 1 N–H and O–H groups in total. The number of para-hydroxylation sites is 2. The first-order valence-corrected chi connectivity index (χ1v) is 8.32. The summed E-state index contributed by atoms with van der Waals surface area (Å²) in [6.07, 6.45) is 1.45. The highest BCUT2D eigenvalue weighted by molar-refractivity contribution is 6.32. The number of hydrogen-bond acceptors (Lipinski definition) is 4. The Bertz CT molecular complexity index is 882. The van der Waals surface area contributed by atoms with Gasteiger partial charge >= 0.3 is 0 Å². The molecule has 6 heteroatoms. The van der Waals surface area contributed by atoms with Gasteiger partial charge in [0, 0.05) is 0 Å². The second kappa shape index (κ2) is 7.85. The Morgan fingerprint density at radius 3 is 2.44 bits per heavy atom. The van der Waals surface area contributed by atoms with Crippen molar-refractivity contribution in [3.63, 3.8) is 0 Å². The molecule has 3 aromatic rings. The number of rotatable bonds is 6. The second-order valence-electron chi connectivity index (χ2n) is 5.55. The molecule has 25 heavy (non-hydrogen) atoms. The van der Waals surface area contributed by atoms with Crippen LogP contribution in [0, 0.1) is 0 Å². The third-order valence-corrected chi connectivity index (χ3v) is 3.95. The molecule has 0 bridgehead atoms. The second-order valence-corrected chi connectivity index (χ2v) is 5.93. The van der Waals surface area contributed by atoms with Crippen LogP contribution in [0.25, 0.3) is 5.69 Å². The zero-order valence-corrected chi connectivity index (χ0v) is 14.5. The number of ether oxygens (including phenoxy) is 1. The average molecular weight is 356 g/mol. The molecule has 1 aromatic heterocycles. The van der Waals surface area contributed by atoms with Crippen LogP contribution in [0.1, 0.15) is 6.92 Å². The van der Waals surface area contributed by atoms with Crippen LogP contribution in [0.2, 0.25) is 5.02 Å². The van der Waals surface area contributed by atoms with E-state index in [1.807, 2.05) is 55.5 Å². The minimum absolute atomic E-state index is 0.102. The Morgan fingerprint density at radius 1 is 1.12 bits per heavy atom. The summed E-state index contributed by atoms with van der Waals surface area (Å²) in [6.45, 7) is 2.43. The minimum atomic E-state index is -0.366. The maximum absolute atomic E-state index is 12.4. The van der Waals surface area contributed by atoms with E-state index in [0.717, 1.165) is 5.75 Å². The van der Waals surface area contributed by atoms with Crippen LogP contribution < -0.4 is 15.6 Å². The summed E-state index contributed by atoms with van der Waals surface area (Å²) in [6, 6.07) is 18.7. The molecule has 5 nitrogen and oxygen atoms in total. The van der Waals surface area contributed by atoms with Crippen molar-refractivity contribution >= 4 is 17.3 Å². The first-order chi connectivity index (χ1) is 12.1. The molecule has 0 aliphatic carbocycles. The van der Waals surface area contributed by atoms with Crippen molar-refractivity contribution in [3.05, 3.63) is 82.2 Å². The molecule has 0 spiro atoms. The predicted octanol–water partition coefficient (Wildman–Crippen LogP) is 3.77. The summed E-state index contributed by atoms with van der Waals surface area (Å²) in [7, 11) is 0. The Kier molecular flexibility index (Phi) is 5.36. The van der Waals surface area contributed by atoms with E-state index in [0.29, 0.717) is 17.9 Å². The number of halogens is 1. The zero-order valence-electron chi connectivity index (χ0n) is 13.7. The van der Waals surface area contributed by atoms with Crippen molar-refractivity contribution in [2.24, 2.45) is 0 Å². The van der Waals surface area contributed by atoms with Gasteiger partial charge < -0.3 is 10.1 Å². The molecule has 0 amide bonds. The van der Waals surface area contributed by atoms with Crippen LogP contribution in [-0.2, 0) is 0 Å². The molecule has 0 fully saturated rings. The summed E-state index contributed by atoms with van der Waals surface area (Å²) in [4.78, 5) is 12.4. The lowest BCUT2D eigenvalue weighted by molar-refractivity contribution is 0.235. The number of nitrogens with one attached hydrogen (secondary N) is 1. The molecule has 128 valence electrons. The standard InChI is InChI=1S/C19H18ClN3O2/c1-14(25-16-10-6-3-7-11-16)12-21-17-13-22-23(19(24)18(17)20)15-8-4-2-5-9-15/h2-11,13-14,21H,12H2,1H3. The van der Waals surface area contributed by atoms with Gasteiger partial charge in [-0.1, -0.05) is 48.0 Å². The fourth-order valence-corrected chi connectivity index (χ4v) is 2.53. The van der Waals surface area contributed by atoms with Gasteiger partial charge in [0.15, 0.2) is 0 Å². The van der Waals surface area contributed by atoms with Gasteiger partial charge in [-0.15, -0.1) is 0 Å². The molecule has 1 atom stereocenters. The highest BCUT2D eigenvalue weighted by Gasteiger charge is 2.12. The first-order valence-electron chi connectivity index (χ1n) is 7.94. The lowest BCUT2D eigenvalue weighted by Crippen LogP contribution is -2.26. The summed E-state index contributed by atoms with van der Waals surface area (Å²) >= 11 is 6.22. The summed E-state index contributed by atoms with van der Waals surface area (Å²) < 4.78 is 7.07. The number of hydrogen-bond donors (Lipinski definition) is 1. The van der Waals surface area contributed by atoms with E-state index < -0.39 is 0 Å². The molecule has 1 heterocycles. The fraction of sp³-hybridized carbons (Fsp3) is 0.158. The maximum atomic E-state index is 12.4. The number of aromatic nitrogens is 2. The van der Waals surface area contributed by atoms with Crippen molar-refractivity contribution in [2.45, 2.75) is 13.0 Å². The Labute approximate surface area is 150 Å². The molecule has 0 radical (unpaired) electrons. The van der Waals surface area contributed by atoms with Crippen molar-refractivity contribution in [1.29, 1.82) is 0 Å². The fourth-order valence-electron chi connectivity index (χ4n) is 2.34. The molecular weight excluding hydrogens is 338 g/mol. The molecule has 0 saturated heterocycles. The van der Waals surface area contributed by atoms with E-state index in [4.69, 9.17) is 16.3 Å². The van der Waals surface area contributed by atoms with Gasteiger partial charge in [-0.3, -0.25) is 4.79 Å². The van der Waals surface area contributed by atoms with E-state index in [1.165, 1.54) is 4.68 Å². The van der Waals surface area contributed by atoms with Crippen LogP contribution in [0.3, 0.4) is 0 Å². The zero-order chi connectivity index (χ0) is 17.6. The van der Waals surface area contributed by atoms with Crippen molar-refractivity contribution in [2.75, 3.05) is 11.9 Å². The normalized spacial score (nSPS) is 11.8. The number of benzene rings is 2. The quantitative estimate of drug-likeness (QED) is 0.731. The Hall–Kier alpha value is -2.79. The van der Waals surface area contributed by atoms with Crippen LogP contribution in [0.5, 0.6) is 5.75 Å². The van der Waals surface area contributed by atoms with Gasteiger partial charge in [0.05, 0.1) is 24.1 Å². The molecule has 1 unspecified atom stereocenters. The third-order valence-electron chi connectivity index (χ3n) is 3.58. The van der Waals surface area contributed by atoms with Gasteiger partial charge in [0.25, 0.3) is 5.56 Å². The van der Waals surface area contributed by atoms with Crippen molar-refractivity contribution < 1.29 is 4.74 Å². The van der Waals surface area contributed by atoms with Crippen LogP contribution in [0.15, 0.2) is 71.7 Å². The lowest BCUT2D eigenvalue weighted by Gasteiger charge is -2.16. The van der Waals surface area contributed by atoms with Crippen LogP contribution >= 0.6 is 11.6 Å². The molecule has 2 aromatic carbocycles. The molecular formula is C19H18ClN3O2. The number of nitrogens with zero attached hydrogens (tertiary/aromatic N) is 2. The number of anilines is 1. The van der Waals surface area contributed by atoms with Gasteiger partial charge in [-0.05, 0) is 31.2 Å². The highest BCUT2D eigenvalue weighted by Crippen LogP contribution is 2.17. The van der Waals surface area contributed by atoms with Crippen molar-refractivity contribution in [1.82, 2.24) is 9.78 Å². The van der Waals surface area contributed by atoms with Gasteiger partial charge in [0.1, 0.15) is 16.9 Å². The average Bonchev–Trinajstić information content (AvgIpc) is 2.64. The maximum Gasteiger partial charge on any atom is 0.292 e. The largest absolute Gasteiger partial charge is 0.489 e. The van der Waals surface area contributed by atoms with E-state index >= 15 is 0 Å². The van der Waals surface area contributed by atoms with E-state index in [1.54, 1.807) is 18.3 Å². The molecule has 0 saturated carbocycles. The highest BCUT2D eigenvalue weighted by atomic mass is 35.5. The minimum Gasteiger partial charge on any atom is -0.489 e. The summed E-state index contributed by atoms with van der Waals surface area (Å²) in [5.41, 5.74) is 0.790. The van der Waals surface area contributed by atoms with E-state index in [9.17, 15) is 4.79 Å². The summed E-state index contributed by atoms with van der Waals surface area (Å²) in [5, 5.41) is 7.41. The van der Waals surface area contributed by atoms with Crippen LogP contribution in [-0.4, -0.2) is 22.4 Å². The van der Waals surface area contributed by atoms with Crippen molar-refractivity contribution in [3.8, 4) is 11.4 Å². The van der Waals surface area contributed by atoms with Gasteiger partial charge in [-0.2, -0.15) is 9.78 Å². The SMILES string of the molecule is CC(CNc1cnn(-c2ccccc2)c(=O)c1Cl)Oc1ccccc1. The Balaban J connectivity index is 1.69. The van der Waals surface area contributed by atoms with E-state index in [2.05, 4.69) is 10.4 Å². The van der Waals surface area contributed by atoms with Crippen LogP contribution in [0.4, 0.5) is 5.69 Å². The summed E-state index contributed by atoms with van der Waals surface area (Å²) in [5.74, 6) is 0.792. The first kappa shape index (κ1) is 17.0. The lowest BCUT2D eigenvalue weighted by atomic mass is 10.3. The van der Waals surface area contributed by atoms with E-state index in [-0.39, 0.29) is 16.7 Å². The predicted molar refractivity (Wildman–Crippen MR) is 99.9 cm³/mol. The molecule has 0 aliphatic rings. The Morgan fingerprint density at radius 2 is 1.76 bits per heavy atom. The van der Waals surface area contributed by atoms with Gasteiger partial charge in [0.2, 0.25) is 0 Å². The third kappa shape index (κ3) is 4.19. The molecule has 3 rings (SSSR count). The topological polar surface area (TPSA) is 56.2 Å². The van der Waals surface area contributed by atoms with Gasteiger partial charge in [-0.25, -0.2) is 0 Å².